The second-order valence-corrected chi connectivity index (χ2v) is 9.24. The van der Waals surface area contributed by atoms with Crippen molar-refractivity contribution in [3.63, 3.8) is 0 Å². The predicted molar refractivity (Wildman–Crippen MR) is 124 cm³/mol. The molecule has 0 unspecified atom stereocenters. The summed E-state index contributed by atoms with van der Waals surface area (Å²) in [5, 5.41) is 4.46. The molecule has 3 aromatic carbocycles. The van der Waals surface area contributed by atoms with Gasteiger partial charge < -0.3 is 0 Å². The Balaban J connectivity index is 1.86. The fraction of sp³-hybridized carbons (Fsp3) is 0.130. The molecule has 0 saturated heterocycles. The summed E-state index contributed by atoms with van der Waals surface area (Å²) in [4.78, 5) is 12.7. The number of halogens is 1. The molecule has 0 aromatic heterocycles. The molecule has 8 heteroatoms. The Hall–Kier alpha value is -3.16. The Morgan fingerprint density at radius 2 is 1.74 bits per heavy atom. The number of hydrazone groups is 1. The molecule has 0 aliphatic carbocycles. The monoisotopic (exact) mass is 455 g/mol. The Bertz CT molecular complexity index is 1210. The number of hydrogen-bond acceptors (Lipinski definition) is 4. The molecular formula is C23H22ClN3O3S. The van der Waals surface area contributed by atoms with E-state index < -0.39 is 22.5 Å². The largest absolute Gasteiger partial charge is 0.271 e. The molecule has 0 heterocycles. The summed E-state index contributed by atoms with van der Waals surface area (Å²) in [7, 11) is -3.96. The smallest absolute Gasteiger partial charge is 0.264 e. The van der Waals surface area contributed by atoms with Crippen LogP contribution in [0.3, 0.4) is 0 Å². The van der Waals surface area contributed by atoms with Gasteiger partial charge in [0.1, 0.15) is 6.54 Å². The third-order valence-corrected chi connectivity index (χ3v) is 6.67. The van der Waals surface area contributed by atoms with E-state index in [1.807, 2.05) is 19.9 Å². The average molecular weight is 456 g/mol. The summed E-state index contributed by atoms with van der Waals surface area (Å²) in [6.07, 6.45) is 1.44. The van der Waals surface area contributed by atoms with Crippen LogP contribution in [0.25, 0.3) is 0 Å². The summed E-state index contributed by atoms with van der Waals surface area (Å²) in [5.74, 6) is -0.573. The number of benzene rings is 3. The minimum Gasteiger partial charge on any atom is -0.271 e. The quantitative estimate of drug-likeness (QED) is 0.426. The van der Waals surface area contributed by atoms with Crippen molar-refractivity contribution in [2.75, 3.05) is 10.8 Å². The van der Waals surface area contributed by atoms with Crippen molar-refractivity contribution >= 4 is 39.4 Å². The van der Waals surface area contributed by atoms with Gasteiger partial charge >= 0.3 is 0 Å². The maximum atomic E-state index is 13.3. The van der Waals surface area contributed by atoms with Crippen LogP contribution in [0.1, 0.15) is 16.7 Å². The number of rotatable bonds is 7. The van der Waals surface area contributed by atoms with E-state index in [2.05, 4.69) is 10.5 Å². The molecule has 0 bridgehead atoms. The van der Waals surface area contributed by atoms with E-state index in [0.717, 1.165) is 15.4 Å². The molecular weight excluding hydrogens is 434 g/mol. The predicted octanol–water partition coefficient (Wildman–Crippen LogP) is 4.30. The van der Waals surface area contributed by atoms with Gasteiger partial charge in [-0.2, -0.15) is 5.10 Å². The number of anilines is 1. The van der Waals surface area contributed by atoms with Gasteiger partial charge in [0.2, 0.25) is 0 Å². The fourth-order valence-corrected chi connectivity index (χ4v) is 4.48. The Kier molecular flexibility index (Phi) is 7.09. The van der Waals surface area contributed by atoms with Crippen LogP contribution in [-0.2, 0) is 14.8 Å². The lowest BCUT2D eigenvalue weighted by Crippen LogP contribution is -2.39. The number of amides is 1. The molecule has 1 N–H and O–H groups in total. The second kappa shape index (κ2) is 9.76. The molecule has 31 heavy (non-hydrogen) atoms. The standard InChI is InChI=1S/C23H22ClN3O3S/c1-17-11-12-21(13-18(17)2)27(31(29,30)22-9-4-3-5-10-22)16-23(28)26-25-15-19-7-6-8-20(24)14-19/h3-15H,16H2,1-2H3,(H,26,28)/b25-15-. The van der Waals surface area contributed by atoms with Crippen molar-refractivity contribution in [2.24, 2.45) is 5.10 Å². The van der Waals surface area contributed by atoms with Crippen LogP contribution in [0.5, 0.6) is 0 Å². The van der Waals surface area contributed by atoms with Gasteiger partial charge in [0, 0.05) is 5.02 Å². The number of carbonyl (C=O) groups is 1. The number of carbonyl (C=O) groups excluding carboxylic acids is 1. The summed E-state index contributed by atoms with van der Waals surface area (Å²) in [5.41, 5.74) is 5.44. The highest BCUT2D eigenvalue weighted by atomic mass is 35.5. The van der Waals surface area contributed by atoms with Crippen LogP contribution in [0, 0.1) is 13.8 Å². The van der Waals surface area contributed by atoms with E-state index in [4.69, 9.17) is 11.6 Å². The second-order valence-electron chi connectivity index (χ2n) is 6.94. The number of hydrogen-bond donors (Lipinski definition) is 1. The lowest BCUT2D eigenvalue weighted by atomic mass is 10.1. The van der Waals surface area contributed by atoms with E-state index in [9.17, 15) is 13.2 Å². The van der Waals surface area contributed by atoms with Gasteiger partial charge in [0.05, 0.1) is 16.8 Å². The Labute approximate surface area is 187 Å². The van der Waals surface area contributed by atoms with Crippen LogP contribution in [0.4, 0.5) is 5.69 Å². The van der Waals surface area contributed by atoms with E-state index in [1.54, 1.807) is 54.6 Å². The van der Waals surface area contributed by atoms with E-state index in [1.165, 1.54) is 18.3 Å². The zero-order valence-corrected chi connectivity index (χ0v) is 18.7. The molecule has 1 amide bonds. The summed E-state index contributed by atoms with van der Waals surface area (Å²) < 4.78 is 27.7. The first-order chi connectivity index (χ1) is 14.8. The lowest BCUT2D eigenvalue weighted by Gasteiger charge is -2.24. The first-order valence-electron chi connectivity index (χ1n) is 9.50. The van der Waals surface area contributed by atoms with E-state index in [-0.39, 0.29) is 4.90 Å². The SMILES string of the molecule is Cc1ccc(N(CC(=O)N/N=C\c2cccc(Cl)c2)S(=O)(=O)c2ccccc2)cc1C. The van der Waals surface area contributed by atoms with Crippen molar-refractivity contribution < 1.29 is 13.2 Å². The van der Waals surface area contributed by atoms with Gasteiger partial charge in [0.25, 0.3) is 15.9 Å². The third kappa shape index (κ3) is 5.71. The minimum absolute atomic E-state index is 0.100. The van der Waals surface area contributed by atoms with Crippen molar-refractivity contribution in [1.82, 2.24) is 5.43 Å². The molecule has 6 nitrogen and oxygen atoms in total. The van der Waals surface area contributed by atoms with E-state index >= 15 is 0 Å². The fourth-order valence-electron chi connectivity index (χ4n) is 2.85. The van der Waals surface area contributed by atoms with Gasteiger partial charge in [-0.15, -0.1) is 0 Å². The Morgan fingerprint density at radius 3 is 2.42 bits per heavy atom. The lowest BCUT2D eigenvalue weighted by molar-refractivity contribution is -0.119. The zero-order valence-electron chi connectivity index (χ0n) is 17.1. The highest BCUT2D eigenvalue weighted by molar-refractivity contribution is 7.92. The molecule has 0 atom stereocenters. The van der Waals surface area contributed by atoms with Gasteiger partial charge in [-0.05, 0) is 66.9 Å². The highest BCUT2D eigenvalue weighted by Crippen LogP contribution is 2.25. The first kappa shape index (κ1) is 22.5. The van der Waals surface area contributed by atoms with Crippen molar-refractivity contribution in [2.45, 2.75) is 18.7 Å². The number of sulfonamides is 1. The van der Waals surface area contributed by atoms with Crippen molar-refractivity contribution in [3.05, 3.63) is 94.5 Å². The molecule has 0 fully saturated rings. The van der Waals surface area contributed by atoms with Gasteiger partial charge in [-0.3, -0.25) is 9.10 Å². The van der Waals surface area contributed by atoms with Crippen LogP contribution in [-0.4, -0.2) is 27.1 Å². The first-order valence-corrected chi connectivity index (χ1v) is 11.3. The molecule has 160 valence electrons. The molecule has 0 spiro atoms. The molecule has 0 aliphatic heterocycles. The minimum atomic E-state index is -3.96. The van der Waals surface area contributed by atoms with Crippen LogP contribution in [0.2, 0.25) is 5.02 Å². The summed E-state index contributed by atoms with van der Waals surface area (Å²) >= 11 is 5.93. The normalized spacial score (nSPS) is 11.5. The molecule has 0 saturated carbocycles. The average Bonchev–Trinajstić information content (AvgIpc) is 2.75. The maximum absolute atomic E-state index is 13.3. The number of nitrogens with zero attached hydrogens (tertiary/aromatic N) is 2. The van der Waals surface area contributed by atoms with E-state index in [0.29, 0.717) is 16.3 Å². The van der Waals surface area contributed by atoms with Gasteiger partial charge in [-0.1, -0.05) is 48.0 Å². The summed E-state index contributed by atoms with van der Waals surface area (Å²) in [6.45, 7) is 3.40. The summed E-state index contributed by atoms with van der Waals surface area (Å²) in [6, 6.07) is 20.2. The van der Waals surface area contributed by atoms with Gasteiger partial charge in [0.15, 0.2) is 0 Å². The van der Waals surface area contributed by atoms with Crippen molar-refractivity contribution in [3.8, 4) is 0 Å². The number of aryl methyl sites for hydroxylation is 2. The van der Waals surface area contributed by atoms with Crippen LogP contribution in [0.15, 0.2) is 82.8 Å². The van der Waals surface area contributed by atoms with Crippen molar-refractivity contribution in [1.29, 1.82) is 0 Å². The topological polar surface area (TPSA) is 78.8 Å². The Morgan fingerprint density at radius 1 is 1.00 bits per heavy atom. The van der Waals surface area contributed by atoms with Gasteiger partial charge in [-0.25, -0.2) is 13.8 Å². The molecule has 3 aromatic rings. The third-order valence-electron chi connectivity index (χ3n) is 4.65. The maximum Gasteiger partial charge on any atom is 0.264 e. The zero-order chi connectivity index (χ0) is 22.4. The van der Waals surface area contributed by atoms with Crippen LogP contribution >= 0.6 is 11.6 Å². The van der Waals surface area contributed by atoms with Crippen LogP contribution < -0.4 is 9.73 Å². The molecule has 3 rings (SSSR count). The highest BCUT2D eigenvalue weighted by Gasteiger charge is 2.27. The molecule has 0 aliphatic rings. The number of nitrogens with one attached hydrogen (secondary N) is 1. The molecule has 0 radical (unpaired) electrons.